The van der Waals surface area contributed by atoms with Gasteiger partial charge in [0.25, 0.3) is 0 Å². The van der Waals surface area contributed by atoms with Crippen molar-refractivity contribution in [2.24, 2.45) is 5.92 Å². The van der Waals surface area contributed by atoms with Gasteiger partial charge in [0.15, 0.2) is 0 Å². The maximum absolute atomic E-state index is 12.0. The van der Waals surface area contributed by atoms with E-state index in [4.69, 9.17) is 0 Å². The first-order chi connectivity index (χ1) is 11.6. The third-order valence-corrected chi connectivity index (χ3v) is 5.18. The molecule has 3 N–H and O–H groups in total. The molecule has 1 saturated carbocycles. The van der Waals surface area contributed by atoms with Crippen LogP contribution in [0.4, 0.5) is 4.79 Å². The highest BCUT2D eigenvalue weighted by atomic mass is 16.3. The van der Waals surface area contributed by atoms with Crippen molar-refractivity contribution in [3.63, 3.8) is 0 Å². The van der Waals surface area contributed by atoms with Gasteiger partial charge in [-0.3, -0.25) is 0 Å². The fraction of sp³-hybridized carbons (Fsp3) is 0.632. The van der Waals surface area contributed by atoms with Crippen LogP contribution in [0.1, 0.15) is 37.7 Å². The Kier molecular flexibility index (Phi) is 5.74. The minimum atomic E-state index is -0.506. The Labute approximate surface area is 144 Å². The van der Waals surface area contributed by atoms with Crippen molar-refractivity contribution in [3.05, 3.63) is 35.9 Å². The van der Waals surface area contributed by atoms with Gasteiger partial charge in [0, 0.05) is 25.0 Å². The van der Waals surface area contributed by atoms with E-state index < -0.39 is 6.10 Å². The number of aliphatic hydroxyl groups is 1. The number of urea groups is 1. The van der Waals surface area contributed by atoms with Gasteiger partial charge in [0.05, 0.1) is 6.10 Å². The summed E-state index contributed by atoms with van der Waals surface area (Å²) in [6.07, 6.45) is 2.88. The average Bonchev–Trinajstić information content (AvgIpc) is 3.35. The van der Waals surface area contributed by atoms with Gasteiger partial charge in [0.1, 0.15) is 0 Å². The lowest BCUT2D eigenvalue weighted by atomic mass is 9.99. The van der Waals surface area contributed by atoms with Crippen molar-refractivity contribution in [2.75, 3.05) is 26.2 Å². The second-order valence-electron chi connectivity index (χ2n) is 7.35. The van der Waals surface area contributed by atoms with E-state index in [-0.39, 0.29) is 12.1 Å². The number of piperidine rings is 1. The molecule has 5 heteroatoms. The van der Waals surface area contributed by atoms with E-state index >= 15 is 0 Å². The molecule has 1 aliphatic heterocycles. The molecule has 1 heterocycles. The molecule has 3 rings (SSSR count). The van der Waals surface area contributed by atoms with Crippen LogP contribution < -0.4 is 10.6 Å². The van der Waals surface area contributed by atoms with E-state index in [0.717, 1.165) is 25.4 Å². The summed E-state index contributed by atoms with van der Waals surface area (Å²) in [5.74, 6) is 1.22. The van der Waals surface area contributed by atoms with E-state index in [1.807, 2.05) is 18.2 Å². The summed E-state index contributed by atoms with van der Waals surface area (Å²) in [5.41, 5.74) is 1.28. The van der Waals surface area contributed by atoms with E-state index in [1.165, 1.54) is 18.4 Å². The van der Waals surface area contributed by atoms with Gasteiger partial charge in [-0.1, -0.05) is 37.3 Å². The predicted octanol–water partition coefficient (Wildman–Crippen LogP) is 1.93. The molecule has 2 amide bonds. The number of carbonyl (C=O) groups excluding carboxylic acids is 1. The van der Waals surface area contributed by atoms with E-state index in [0.29, 0.717) is 19.0 Å². The average molecular weight is 331 g/mol. The summed E-state index contributed by atoms with van der Waals surface area (Å²) in [4.78, 5) is 14.3. The molecule has 2 fully saturated rings. The van der Waals surface area contributed by atoms with E-state index in [1.54, 1.807) is 0 Å². The van der Waals surface area contributed by atoms with E-state index in [9.17, 15) is 9.90 Å². The summed E-state index contributed by atoms with van der Waals surface area (Å²) >= 11 is 0. The Hall–Kier alpha value is -1.59. The first-order valence-corrected chi connectivity index (χ1v) is 9.11. The zero-order valence-corrected chi connectivity index (χ0v) is 14.4. The van der Waals surface area contributed by atoms with Gasteiger partial charge >= 0.3 is 6.03 Å². The summed E-state index contributed by atoms with van der Waals surface area (Å²) in [6, 6.07) is 10.3. The van der Waals surface area contributed by atoms with Crippen LogP contribution in [0.25, 0.3) is 0 Å². The van der Waals surface area contributed by atoms with Crippen LogP contribution >= 0.6 is 0 Å². The largest absolute Gasteiger partial charge is 0.390 e. The number of hydrogen-bond acceptors (Lipinski definition) is 3. The number of carbonyl (C=O) groups is 1. The fourth-order valence-electron chi connectivity index (χ4n) is 3.46. The molecule has 0 bridgehead atoms. The third kappa shape index (κ3) is 4.95. The molecule has 0 radical (unpaired) electrons. The molecule has 132 valence electrons. The van der Waals surface area contributed by atoms with Crippen LogP contribution in [0, 0.1) is 5.92 Å². The monoisotopic (exact) mass is 331 g/mol. The molecule has 3 atom stereocenters. The predicted molar refractivity (Wildman–Crippen MR) is 95.0 cm³/mol. The standard InChI is InChI=1S/C19H29N3O2/c1-14-7-9-22(10-8-14)13-16(23)12-20-19(24)21-18-11-17(18)15-5-3-2-4-6-15/h2-6,14,16-18,23H,7-13H2,1H3,(H2,20,21,24). The zero-order chi connectivity index (χ0) is 16.9. The van der Waals surface area contributed by atoms with Gasteiger partial charge in [0.2, 0.25) is 0 Å². The van der Waals surface area contributed by atoms with Crippen LogP contribution in [-0.4, -0.2) is 54.4 Å². The lowest BCUT2D eigenvalue weighted by Crippen LogP contribution is -2.45. The minimum absolute atomic E-state index is 0.176. The highest BCUT2D eigenvalue weighted by Crippen LogP contribution is 2.40. The summed E-state index contributed by atoms with van der Waals surface area (Å²) in [7, 11) is 0. The van der Waals surface area contributed by atoms with Crippen molar-refractivity contribution in [1.29, 1.82) is 0 Å². The second-order valence-corrected chi connectivity index (χ2v) is 7.35. The van der Waals surface area contributed by atoms with Gasteiger partial charge in [-0.25, -0.2) is 4.79 Å². The van der Waals surface area contributed by atoms with Crippen molar-refractivity contribution in [1.82, 2.24) is 15.5 Å². The second kappa shape index (κ2) is 7.99. The molecule has 2 aliphatic rings. The Morgan fingerprint density at radius 3 is 2.71 bits per heavy atom. The summed E-state index contributed by atoms with van der Waals surface area (Å²) in [5, 5.41) is 15.9. The first kappa shape index (κ1) is 17.2. The molecule has 0 aromatic heterocycles. The van der Waals surface area contributed by atoms with Crippen LogP contribution in [0.3, 0.4) is 0 Å². The number of nitrogens with zero attached hydrogens (tertiary/aromatic N) is 1. The number of hydrogen-bond donors (Lipinski definition) is 3. The highest BCUT2D eigenvalue weighted by Gasteiger charge is 2.39. The maximum Gasteiger partial charge on any atom is 0.315 e. The maximum atomic E-state index is 12.0. The molecule has 1 aromatic carbocycles. The van der Waals surface area contributed by atoms with Crippen LogP contribution in [0.5, 0.6) is 0 Å². The minimum Gasteiger partial charge on any atom is -0.390 e. The lowest BCUT2D eigenvalue weighted by Gasteiger charge is -2.31. The van der Waals surface area contributed by atoms with Gasteiger partial charge in [-0.2, -0.15) is 0 Å². The number of benzene rings is 1. The quantitative estimate of drug-likeness (QED) is 0.746. The van der Waals surface area contributed by atoms with Gasteiger partial charge < -0.3 is 20.6 Å². The van der Waals surface area contributed by atoms with Crippen LogP contribution in [0.2, 0.25) is 0 Å². The smallest absolute Gasteiger partial charge is 0.315 e. The van der Waals surface area contributed by atoms with Gasteiger partial charge in [-0.05, 0) is 43.8 Å². The SMILES string of the molecule is CC1CCN(CC(O)CNC(=O)NC2CC2c2ccccc2)CC1. The zero-order valence-electron chi connectivity index (χ0n) is 14.4. The van der Waals surface area contributed by atoms with Crippen molar-refractivity contribution in [2.45, 2.75) is 44.2 Å². The summed E-state index contributed by atoms with van der Waals surface area (Å²) < 4.78 is 0. The molecule has 1 aromatic rings. The number of nitrogens with one attached hydrogen (secondary N) is 2. The lowest BCUT2D eigenvalue weighted by molar-refractivity contribution is 0.0920. The Morgan fingerprint density at radius 1 is 1.29 bits per heavy atom. The fourth-order valence-corrected chi connectivity index (χ4v) is 3.46. The number of amides is 2. The molecule has 1 aliphatic carbocycles. The normalized spacial score (nSPS) is 25.9. The molecule has 0 spiro atoms. The summed E-state index contributed by atoms with van der Waals surface area (Å²) in [6.45, 7) is 5.32. The van der Waals surface area contributed by atoms with Crippen molar-refractivity contribution in [3.8, 4) is 0 Å². The molecule has 5 nitrogen and oxygen atoms in total. The Morgan fingerprint density at radius 2 is 2.00 bits per heavy atom. The Balaban J connectivity index is 1.31. The van der Waals surface area contributed by atoms with E-state index in [2.05, 4.69) is 34.6 Å². The number of rotatable bonds is 6. The third-order valence-electron chi connectivity index (χ3n) is 5.18. The number of likely N-dealkylation sites (tertiary alicyclic amines) is 1. The number of aliphatic hydroxyl groups excluding tert-OH is 1. The molecular formula is C19H29N3O2. The van der Waals surface area contributed by atoms with Crippen LogP contribution in [0.15, 0.2) is 30.3 Å². The van der Waals surface area contributed by atoms with Crippen LogP contribution in [-0.2, 0) is 0 Å². The molecule has 24 heavy (non-hydrogen) atoms. The van der Waals surface area contributed by atoms with Crippen molar-refractivity contribution >= 4 is 6.03 Å². The highest BCUT2D eigenvalue weighted by molar-refractivity contribution is 5.74. The van der Waals surface area contributed by atoms with Crippen molar-refractivity contribution < 1.29 is 9.90 Å². The number of β-amino-alcohol motifs (C(OH)–C–C–N with tert-alkyl or cyclic N) is 1. The molecular weight excluding hydrogens is 302 g/mol. The topological polar surface area (TPSA) is 64.6 Å². The first-order valence-electron chi connectivity index (χ1n) is 9.11. The Bertz CT molecular complexity index is 529. The molecule has 3 unspecified atom stereocenters. The molecule has 1 saturated heterocycles. The van der Waals surface area contributed by atoms with Gasteiger partial charge in [-0.15, -0.1) is 0 Å².